The molecule has 0 radical (unpaired) electrons. The number of rotatable bonds is 6. The summed E-state index contributed by atoms with van der Waals surface area (Å²) >= 11 is 0. The molecule has 1 aromatic rings. The van der Waals surface area contributed by atoms with Crippen molar-refractivity contribution in [3.63, 3.8) is 0 Å². The molecule has 0 saturated carbocycles. The molecule has 0 saturated heterocycles. The third kappa shape index (κ3) is 4.39. The Kier molecular flexibility index (Phi) is 5.61. The molecule has 0 bridgehead atoms. The van der Waals surface area contributed by atoms with E-state index in [2.05, 4.69) is 10.6 Å². The Labute approximate surface area is 105 Å². The third-order valence-corrected chi connectivity index (χ3v) is 2.17. The van der Waals surface area contributed by atoms with Gasteiger partial charge in [0.25, 0.3) is 0 Å². The second-order valence-electron chi connectivity index (χ2n) is 3.50. The van der Waals surface area contributed by atoms with Crippen LogP contribution in [0.1, 0.15) is 5.56 Å². The van der Waals surface area contributed by atoms with Gasteiger partial charge in [-0.25, -0.2) is 4.39 Å². The number of methoxy groups -OCH3 is 1. The van der Waals surface area contributed by atoms with Crippen LogP contribution in [0.5, 0.6) is 0 Å². The van der Waals surface area contributed by atoms with E-state index in [1.165, 1.54) is 18.2 Å². The topological polar surface area (TPSA) is 74.2 Å². The standard InChI is InChI=1S/C12H14FN3O2/c1-18-5-4-15-12(17)8-16-10-2-3-11(13)9(6-10)7-14/h2-3,6,16H,4-5,8H2,1H3,(H,15,17). The minimum Gasteiger partial charge on any atom is -0.383 e. The van der Waals surface area contributed by atoms with Crippen molar-refractivity contribution >= 4 is 11.6 Å². The summed E-state index contributed by atoms with van der Waals surface area (Å²) in [6.07, 6.45) is 0. The van der Waals surface area contributed by atoms with E-state index in [0.717, 1.165) is 0 Å². The molecule has 5 nitrogen and oxygen atoms in total. The first-order valence-corrected chi connectivity index (χ1v) is 5.36. The molecule has 0 heterocycles. The first kappa shape index (κ1) is 13.9. The van der Waals surface area contributed by atoms with Crippen molar-refractivity contribution in [1.29, 1.82) is 5.26 Å². The van der Waals surface area contributed by atoms with Crippen LogP contribution in [0, 0.1) is 17.1 Å². The number of ether oxygens (including phenoxy) is 1. The number of anilines is 1. The van der Waals surface area contributed by atoms with Crippen molar-refractivity contribution in [2.24, 2.45) is 0 Å². The molecule has 6 heteroatoms. The van der Waals surface area contributed by atoms with Gasteiger partial charge in [0.2, 0.25) is 5.91 Å². The molecule has 1 amide bonds. The summed E-state index contributed by atoms with van der Waals surface area (Å²) in [4.78, 5) is 11.3. The number of carbonyl (C=O) groups is 1. The van der Waals surface area contributed by atoms with Crippen molar-refractivity contribution < 1.29 is 13.9 Å². The number of amides is 1. The highest BCUT2D eigenvalue weighted by atomic mass is 19.1. The van der Waals surface area contributed by atoms with E-state index in [1.807, 2.05) is 0 Å². The summed E-state index contributed by atoms with van der Waals surface area (Å²) in [5.74, 6) is -0.775. The number of benzene rings is 1. The summed E-state index contributed by atoms with van der Waals surface area (Å²) in [5, 5.41) is 14.1. The lowest BCUT2D eigenvalue weighted by Gasteiger charge is -2.07. The van der Waals surface area contributed by atoms with Crippen molar-refractivity contribution in [2.45, 2.75) is 0 Å². The Bertz CT molecular complexity index is 457. The van der Waals surface area contributed by atoms with Crippen LogP contribution < -0.4 is 10.6 Å². The van der Waals surface area contributed by atoms with E-state index < -0.39 is 5.82 Å². The van der Waals surface area contributed by atoms with E-state index in [9.17, 15) is 9.18 Å². The van der Waals surface area contributed by atoms with Gasteiger partial charge in [-0.05, 0) is 18.2 Å². The normalized spacial score (nSPS) is 9.61. The maximum atomic E-state index is 13.0. The van der Waals surface area contributed by atoms with Crippen LogP contribution in [-0.2, 0) is 9.53 Å². The molecule has 0 unspecified atom stereocenters. The van der Waals surface area contributed by atoms with Crippen LogP contribution in [0.3, 0.4) is 0 Å². The summed E-state index contributed by atoms with van der Waals surface area (Å²) in [7, 11) is 1.55. The predicted molar refractivity (Wildman–Crippen MR) is 64.5 cm³/mol. The quantitative estimate of drug-likeness (QED) is 0.736. The number of hydrogen-bond donors (Lipinski definition) is 2. The maximum absolute atomic E-state index is 13.0. The zero-order chi connectivity index (χ0) is 13.4. The van der Waals surface area contributed by atoms with E-state index in [1.54, 1.807) is 13.2 Å². The molecular formula is C12H14FN3O2. The number of hydrogen-bond acceptors (Lipinski definition) is 4. The molecule has 0 spiro atoms. The van der Waals surface area contributed by atoms with Gasteiger partial charge in [-0.2, -0.15) is 5.26 Å². The first-order chi connectivity index (χ1) is 8.67. The van der Waals surface area contributed by atoms with Gasteiger partial charge in [0.05, 0.1) is 18.7 Å². The Morgan fingerprint density at radius 1 is 1.56 bits per heavy atom. The minimum atomic E-state index is -0.576. The van der Waals surface area contributed by atoms with E-state index in [-0.39, 0.29) is 18.0 Å². The van der Waals surface area contributed by atoms with Gasteiger partial charge in [-0.1, -0.05) is 0 Å². The molecule has 18 heavy (non-hydrogen) atoms. The van der Waals surface area contributed by atoms with Crippen molar-refractivity contribution in [2.75, 3.05) is 32.1 Å². The molecule has 0 aliphatic carbocycles. The molecule has 0 aliphatic heterocycles. The maximum Gasteiger partial charge on any atom is 0.239 e. The van der Waals surface area contributed by atoms with Gasteiger partial charge >= 0.3 is 0 Å². The monoisotopic (exact) mass is 251 g/mol. The molecule has 1 aromatic carbocycles. The van der Waals surface area contributed by atoms with Gasteiger partial charge in [-0.15, -0.1) is 0 Å². The van der Waals surface area contributed by atoms with Crippen LogP contribution in [-0.4, -0.2) is 32.7 Å². The fourth-order valence-electron chi connectivity index (χ4n) is 1.26. The highest BCUT2D eigenvalue weighted by Gasteiger charge is 2.04. The van der Waals surface area contributed by atoms with E-state index >= 15 is 0 Å². The Balaban J connectivity index is 2.44. The lowest BCUT2D eigenvalue weighted by Crippen LogP contribution is -2.32. The molecule has 0 aromatic heterocycles. The first-order valence-electron chi connectivity index (χ1n) is 5.36. The van der Waals surface area contributed by atoms with Crippen LogP contribution >= 0.6 is 0 Å². The number of nitrogens with zero attached hydrogens (tertiary/aromatic N) is 1. The van der Waals surface area contributed by atoms with Crippen LogP contribution in [0.2, 0.25) is 0 Å². The molecule has 96 valence electrons. The van der Waals surface area contributed by atoms with Crippen molar-refractivity contribution in [3.8, 4) is 6.07 Å². The predicted octanol–water partition coefficient (Wildman–Crippen LogP) is 0.872. The lowest BCUT2D eigenvalue weighted by molar-refractivity contribution is -0.119. The van der Waals surface area contributed by atoms with Gasteiger partial charge in [0.1, 0.15) is 11.9 Å². The van der Waals surface area contributed by atoms with Gasteiger partial charge < -0.3 is 15.4 Å². The minimum absolute atomic E-state index is 0.0557. The van der Waals surface area contributed by atoms with Gasteiger partial charge in [0, 0.05) is 19.3 Å². The van der Waals surface area contributed by atoms with E-state index in [4.69, 9.17) is 10.00 Å². The van der Waals surface area contributed by atoms with Gasteiger partial charge in [-0.3, -0.25) is 4.79 Å². The average molecular weight is 251 g/mol. The number of carbonyl (C=O) groups excluding carboxylic acids is 1. The Hall–Kier alpha value is -2.13. The van der Waals surface area contributed by atoms with Crippen LogP contribution in [0.4, 0.5) is 10.1 Å². The summed E-state index contributed by atoms with van der Waals surface area (Å²) in [6, 6.07) is 5.75. The zero-order valence-corrected chi connectivity index (χ0v) is 10.00. The fraction of sp³-hybridized carbons (Fsp3) is 0.333. The smallest absolute Gasteiger partial charge is 0.239 e. The number of halogens is 1. The Morgan fingerprint density at radius 3 is 3.00 bits per heavy atom. The number of nitrogens with one attached hydrogen (secondary N) is 2. The highest BCUT2D eigenvalue weighted by Crippen LogP contribution is 2.13. The fourth-order valence-corrected chi connectivity index (χ4v) is 1.26. The van der Waals surface area contributed by atoms with E-state index in [0.29, 0.717) is 18.8 Å². The molecule has 2 N–H and O–H groups in total. The highest BCUT2D eigenvalue weighted by molar-refractivity contribution is 5.80. The van der Waals surface area contributed by atoms with Crippen molar-refractivity contribution in [1.82, 2.24) is 5.32 Å². The largest absolute Gasteiger partial charge is 0.383 e. The second kappa shape index (κ2) is 7.25. The SMILES string of the molecule is COCCNC(=O)CNc1ccc(F)c(C#N)c1. The van der Waals surface area contributed by atoms with Crippen LogP contribution in [0.15, 0.2) is 18.2 Å². The summed E-state index contributed by atoms with van der Waals surface area (Å²) in [5.41, 5.74) is 0.467. The summed E-state index contributed by atoms with van der Waals surface area (Å²) < 4.78 is 17.8. The average Bonchev–Trinajstić information content (AvgIpc) is 2.38. The van der Waals surface area contributed by atoms with Crippen molar-refractivity contribution in [3.05, 3.63) is 29.6 Å². The molecule has 0 fully saturated rings. The van der Waals surface area contributed by atoms with Crippen LogP contribution in [0.25, 0.3) is 0 Å². The third-order valence-electron chi connectivity index (χ3n) is 2.17. The molecule has 1 rings (SSSR count). The lowest BCUT2D eigenvalue weighted by atomic mass is 10.2. The number of nitriles is 1. The molecular weight excluding hydrogens is 237 g/mol. The summed E-state index contributed by atoms with van der Waals surface area (Å²) in [6.45, 7) is 0.935. The Morgan fingerprint density at radius 2 is 2.33 bits per heavy atom. The molecule has 0 aliphatic rings. The van der Waals surface area contributed by atoms with Gasteiger partial charge in [0.15, 0.2) is 0 Å². The molecule has 0 atom stereocenters. The zero-order valence-electron chi connectivity index (χ0n) is 10.00. The second-order valence-corrected chi connectivity index (χ2v) is 3.50.